The molecule has 0 bridgehead atoms. The largest absolute Gasteiger partial charge is 0.692 e. The molecule has 0 radical (unpaired) electrons. The number of aryl methyl sites for hydroxylation is 1. The van der Waals surface area contributed by atoms with Gasteiger partial charge in [0, 0.05) is 9.13 Å². The molecule has 0 spiro atoms. The maximum absolute atomic E-state index is 8.70. The molecule has 0 atom stereocenters. The Morgan fingerprint density at radius 3 is 1.27 bits per heavy atom. The molecule has 6 nitrogen and oxygen atoms in total. The highest BCUT2D eigenvalue weighted by atomic mass is 31.1. The predicted molar refractivity (Wildman–Crippen MR) is 55.3 cm³/mol. The first-order valence-corrected chi connectivity index (χ1v) is 5.91. The van der Waals surface area contributed by atoms with E-state index in [0.717, 1.165) is 0 Å². The standard InChI is InChI=1S/C7H8.2HO3P/c1-7-5-3-2-4-6-7;2*1-4(2)3/h2-6H,1H3;2*(H-,1,2,3)/p+2. The van der Waals surface area contributed by atoms with Crippen molar-refractivity contribution in [1.82, 2.24) is 0 Å². The minimum absolute atomic E-state index is 1.32. The molecule has 0 amide bonds. The highest BCUT2D eigenvalue weighted by Crippen LogP contribution is 1.99. The Morgan fingerprint density at radius 2 is 1.13 bits per heavy atom. The van der Waals surface area contributed by atoms with Crippen LogP contribution in [0, 0.1) is 6.92 Å². The Kier molecular flexibility index (Phi) is 12.6. The van der Waals surface area contributed by atoms with Crippen LogP contribution >= 0.6 is 16.5 Å². The van der Waals surface area contributed by atoms with Crippen molar-refractivity contribution in [2.45, 2.75) is 6.92 Å². The highest BCUT2D eigenvalue weighted by Gasteiger charge is 1.93. The van der Waals surface area contributed by atoms with E-state index in [4.69, 9.17) is 28.7 Å². The van der Waals surface area contributed by atoms with Gasteiger partial charge in [0.2, 0.25) is 0 Å². The summed E-state index contributed by atoms with van der Waals surface area (Å²) in [6, 6.07) is 10.3. The Balaban J connectivity index is 0. The topological polar surface area (TPSA) is 115 Å². The van der Waals surface area contributed by atoms with Gasteiger partial charge in [0.15, 0.2) is 0 Å². The van der Waals surface area contributed by atoms with Crippen molar-refractivity contribution in [1.29, 1.82) is 0 Å². The quantitative estimate of drug-likeness (QED) is 0.518. The van der Waals surface area contributed by atoms with Crippen LogP contribution in [0.2, 0.25) is 0 Å². The lowest BCUT2D eigenvalue weighted by Crippen LogP contribution is -1.62. The average Bonchev–Trinajstić information content (AvgIpc) is 2.03. The molecule has 0 heterocycles. The zero-order chi connectivity index (χ0) is 12.3. The molecule has 1 aromatic carbocycles. The van der Waals surface area contributed by atoms with E-state index in [1.165, 1.54) is 5.56 Å². The molecular formula is C7H12O6P2+2. The fourth-order valence-corrected chi connectivity index (χ4v) is 0.534. The van der Waals surface area contributed by atoms with E-state index in [9.17, 15) is 0 Å². The van der Waals surface area contributed by atoms with Crippen molar-refractivity contribution in [3.8, 4) is 0 Å². The van der Waals surface area contributed by atoms with E-state index < -0.39 is 16.5 Å². The van der Waals surface area contributed by atoms with Gasteiger partial charge in [-0.25, -0.2) is 0 Å². The predicted octanol–water partition coefficient (Wildman–Crippen LogP) is 1.25. The van der Waals surface area contributed by atoms with E-state index in [1.54, 1.807) is 0 Å². The third-order valence-corrected chi connectivity index (χ3v) is 0.940. The fourth-order valence-electron chi connectivity index (χ4n) is 0.534. The van der Waals surface area contributed by atoms with Crippen LogP contribution in [0.1, 0.15) is 5.56 Å². The lowest BCUT2D eigenvalue weighted by molar-refractivity contribution is 0.403. The molecule has 0 unspecified atom stereocenters. The van der Waals surface area contributed by atoms with Crippen molar-refractivity contribution < 1.29 is 28.7 Å². The van der Waals surface area contributed by atoms with Gasteiger partial charge in [-0.05, 0) is 6.92 Å². The third-order valence-electron chi connectivity index (χ3n) is 0.940. The van der Waals surface area contributed by atoms with E-state index in [0.29, 0.717) is 0 Å². The molecule has 8 heteroatoms. The minimum atomic E-state index is -2.87. The van der Waals surface area contributed by atoms with Gasteiger partial charge in [-0.2, -0.15) is 0 Å². The van der Waals surface area contributed by atoms with Crippen LogP contribution in [0.25, 0.3) is 0 Å². The van der Waals surface area contributed by atoms with E-state index in [-0.39, 0.29) is 0 Å². The summed E-state index contributed by atoms with van der Waals surface area (Å²) in [6.45, 7) is 2.08. The Morgan fingerprint density at radius 1 is 0.867 bits per heavy atom. The summed E-state index contributed by atoms with van der Waals surface area (Å²) in [5.41, 5.74) is 1.32. The summed E-state index contributed by atoms with van der Waals surface area (Å²) in [5.74, 6) is 0. The number of rotatable bonds is 0. The van der Waals surface area contributed by atoms with Crippen LogP contribution in [0.4, 0.5) is 0 Å². The smallest absolute Gasteiger partial charge is 0.134 e. The molecule has 0 aliphatic rings. The molecule has 0 aliphatic heterocycles. The van der Waals surface area contributed by atoms with Crippen molar-refractivity contribution >= 4 is 16.5 Å². The van der Waals surface area contributed by atoms with Gasteiger partial charge in [0.05, 0.1) is 0 Å². The van der Waals surface area contributed by atoms with Crippen LogP contribution in [0.5, 0.6) is 0 Å². The van der Waals surface area contributed by atoms with Crippen molar-refractivity contribution in [3.05, 3.63) is 35.9 Å². The molecule has 84 valence electrons. The van der Waals surface area contributed by atoms with Crippen LogP contribution < -0.4 is 0 Å². The Bertz CT molecular complexity index is 269. The Labute approximate surface area is 88.7 Å². The molecular weight excluding hydrogens is 242 g/mol. The average molecular weight is 254 g/mol. The molecule has 0 fully saturated rings. The lowest BCUT2D eigenvalue weighted by atomic mass is 10.2. The van der Waals surface area contributed by atoms with Gasteiger partial charge in [-0.3, -0.25) is 0 Å². The molecule has 0 aromatic heterocycles. The normalized spacial score (nSPS) is 7.53. The summed E-state index contributed by atoms with van der Waals surface area (Å²) in [6.07, 6.45) is 0. The Hall–Kier alpha value is -0.740. The van der Waals surface area contributed by atoms with Crippen molar-refractivity contribution in [3.63, 3.8) is 0 Å². The summed E-state index contributed by atoms with van der Waals surface area (Å²) >= 11 is 0. The second-order valence-electron chi connectivity index (χ2n) is 2.16. The van der Waals surface area contributed by atoms with Crippen LogP contribution in [-0.2, 0) is 9.13 Å². The first-order valence-electron chi connectivity index (χ1n) is 3.58. The fraction of sp³-hybridized carbons (Fsp3) is 0.143. The molecule has 1 aromatic rings. The lowest BCUT2D eigenvalue weighted by Gasteiger charge is -1.82. The summed E-state index contributed by atoms with van der Waals surface area (Å²) < 4.78 is 17.4. The summed E-state index contributed by atoms with van der Waals surface area (Å²) in [5, 5.41) is 0. The molecule has 1 rings (SSSR count). The second kappa shape index (κ2) is 11.3. The highest BCUT2D eigenvalue weighted by molar-refractivity contribution is 7.31. The molecule has 0 aliphatic carbocycles. The van der Waals surface area contributed by atoms with E-state index in [2.05, 4.69) is 19.1 Å². The first kappa shape index (κ1) is 16.7. The molecule has 15 heavy (non-hydrogen) atoms. The first-order chi connectivity index (χ1) is 6.86. The van der Waals surface area contributed by atoms with Crippen LogP contribution in [0.3, 0.4) is 0 Å². The second-order valence-corrected chi connectivity index (χ2v) is 3.17. The van der Waals surface area contributed by atoms with E-state index >= 15 is 0 Å². The van der Waals surface area contributed by atoms with Gasteiger partial charge in [0.25, 0.3) is 0 Å². The van der Waals surface area contributed by atoms with Crippen molar-refractivity contribution in [2.75, 3.05) is 0 Å². The van der Waals surface area contributed by atoms with E-state index in [1.807, 2.05) is 18.2 Å². The SMILES string of the molecule is Cc1ccccc1.O=[P+](O)O.O=[P+](O)O. The minimum Gasteiger partial charge on any atom is -0.134 e. The van der Waals surface area contributed by atoms with Gasteiger partial charge < -0.3 is 0 Å². The zero-order valence-corrected chi connectivity index (χ0v) is 9.68. The number of hydrogen-bond acceptors (Lipinski definition) is 2. The molecule has 0 saturated heterocycles. The van der Waals surface area contributed by atoms with Crippen LogP contribution in [-0.4, -0.2) is 19.6 Å². The molecule has 0 saturated carbocycles. The van der Waals surface area contributed by atoms with Gasteiger partial charge >= 0.3 is 16.5 Å². The summed E-state index contributed by atoms with van der Waals surface area (Å²) in [7, 11) is -5.74. The number of hydrogen-bond donors (Lipinski definition) is 4. The molecule has 4 N–H and O–H groups in total. The monoisotopic (exact) mass is 254 g/mol. The van der Waals surface area contributed by atoms with Gasteiger partial charge in [-0.15, -0.1) is 19.6 Å². The summed E-state index contributed by atoms with van der Waals surface area (Å²) in [4.78, 5) is 28.5. The maximum Gasteiger partial charge on any atom is 0.692 e. The zero-order valence-electron chi connectivity index (χ0n) is 7.89. The number of benzene rings is 1. The van der Waals surface area contributed by atoms with Gasteiger partial charge in [0.1, 0.15) is 0 Å². The third kappa shape index (κ3) is 31.9. The van der Waals surface area contributed by atoms with Gasteiger partial charge in [-0.1, -0.05) is 35.9 Å². The maximum atomic E-state index is 8.70. The van der Waals surface area contributed by atoms with Crippen molar-refractivity contribution in [2.24, 2.45) is 0 Å². The van der Waals surface area contributed by atoms with Crippen LogP contribution in [0.15, 0.2) is 30.3 Å².